The number of methoxy groups -OCH3 is 1. The molecular formula is C20H22O4. The van der Waals surface area contributed by atoms with Crippen molar-refractivity contribution in [2.24, 2.45) is 0 Å². The van der Waals surface area contributed by atoms with Crippen LogP contribution in [0.1, 0.15) is 36.1 Å². The lowest BCUT2D eigenvalue weighted by atomic mass is 9.91. The monoisotopic (exact) mass is 326 g/mol. The highest BCUT2D eigenvalue weighted by Crippen LogP contribution is 2.58. The van der Waals surface area contributed by atoms with Crippen LogP contribution in [0.3, 0.4) is 0 Å². The van der Waals surface area contributed by atoms with Crippen LogP contribution in [-0.2, 0) is 19.9 Å². The topological polar surface area (TPSA) is 48.1 Å². The van der Waals surface area contributed by atoms with Gasteiger partial charge in [-0.2, -0.15) is 0 Å². The van der Waals surface area contributed by atoms with Crippen molar-refractivity contribution in [3.8, 4) is 5.75 Å². The second-order valence-electron chi connectivity index (χ2n) is 6.01. The van der Waals surface area contributed by atoms with Gasteiger partial charge in [-0.15, -0.1) is 0 Å². The molecule has 0 aliphatic carbocycles. The summed E-state index contributed by atoms with van der Waals surface area (Å²) in [7, 11) is 1.63. The summed E-state index contributed by atoms with van der Waals surface area (Å²) >= 11 is 0. The molecule has 0 saturated carbocycles. The van der Waals surface area contributed by atoms with Gasteiger partial charge >= 0.3 is 5.97 Å². The Kier molecular flexibility index (Phi) is 4.58. The quantitative estimate of drug-likeness (QED) is 0.596. The van der Waals surface area contributed by atoms with E-state index >= 15 is 0 Å². The van der Waals surface area contributed by atoms with E-state index in [0.717, 1.165) is 28.9 Å². The molecule has 126 valence electrons. The van der Waals surface area contributed by atoms with E-state index in [1.165, 1.54) is 0 Å². The van der Waals surface area contributed by atoms with E-state index in [-0.39, 0.29) is 12.1 Å². The van der Waals surface area contributed by atoms with Gasteiger partial charge in [0.1, 0.15) is 11.9 Å². The normalized spacial score (nSPS) is 22.0. The molecular weight excluding hydrogens is 304 g/mol. The Morgan fingerprint density at radius 1 is 1.12 bits per heavy atom. The molecule has 0 radical (unpaired) electrons. The molecule has 24 heavy (non-hydrogen) atoms. The van der Waals surface area contributed by atoms with Crippen molar-refractivity contribution < 1.29 is 19.0 Å². The molecule has 0 aromatic heterocycles. The van der Waals surface area contributed by atoms with Crippen LogP contribution >= 0.6 is 0 Å². The van der Waals surface area contributed by atoms with Crippen LogP contribution in [-0.4, -0.2) is 19.7 Å². The number of ether oxygens (including phenoxy) is 3. The van der Waals surface area contributed by atoms with Gasteiger partial charge in [-0.3, -0.25) is 0 Å². The summed E-state index contributed by atoms with van der Waals surface area (Å²) in [5.41, 5.74) is 1.86. The van der Waals surface area contributed by atoms with E-state index in [4.69, 9.17) is 14.2 Å². The lowest BCUT2D eigenvalue weighted by molar-refractivity contribution is -0.150. The number of benzene rings is 2. The number of carbonyl (C=O) groups excluding carboxylic acids is 1. The van der Waals surface area contributed by atoms with Crippen molar-refractivity contribution in [3.05, 3.63) is 65.2 Å². The average Bonchev–Trinajstić information content (AvgIpc) is 3.37. The maximum atomic E-state index is 12.7. The second kappa shape index (κ2) is 6.65. The average molecular weight is 326 g/mol. The molecule has 4 heteroatoms. The van der Waals surface area contributed by atoms with E-state index in [1.54, 1.807) is 7.11 Å². The third-order valence-corrected chi connectivity index (χ3v) is 4.26. The molecule has 1 saturated heterocycles. The maximum Gasteiger partial charge on any atom is 0.346 e. The minimum Gasteiger partial charge on any atom is -0.497 e. The minimum atomic E-state index is -1.04. The maximum absolute atomic E-state index is 12.7. The number of rotatable bonds is 6. The number of epoxide rings is 1. The zero-order valence-corrected chi connectivity index (χ0v) is 14.2. The highest BCUT2D eigenvalue weighted by molar-refractivity contribution is 5.85. The first-order valence-electron chi connectivity index (χ1n) is 8.18. The zero-order valence-electron chi connectivity index (χ0n) is 14.2. The van der Waals surface area contributed by atoms with Crippen LogP contribution in [0.2, 0.25) is 0 Å². The Hall–Kier alpha value is -2.33. The molecule has 0 spiro atoms. The van der Waals surface area contributed by atoms with Crippen molar-refractivity contribution in [2.45, 2.75) is 32.0 Å². The van der Waals surface area contributed by atoms with Gasteiger partial charge in [0, 0.05) is 0 Å². The number of hydrogen-bond acceptors (Lipinski definition) is 4. The summed E-state index contributed by atoms with van der Waals surface area (Å²) < 4.78 is 16.5. The highest BCUT2D eigenvalue weighted by atomic mass is 16.7. The highest BCUT2D eigenvalue weighted by Gasteiger charge is 2.65. The lowest BCUT2D eigenvalue weighted by Gasteiger charge is -2.13. The third-order valence-electron chi connectivity index (χ3n) is 4.26. The summed E-state index contributed by atoms with van der Waals surface area (Å²) in [5, 5.41) is 0. The SMILES string of the molecule is CCCOC(=O)C1(c2ccc(C)cc2)OC1c1ccc(OC)cc1. The largest absolute Gasteiger partial charge is 0.497 e. The van der Waals surface area contributed by atoms with Gasteiger partial charge in [-0.1, -0.05) is 48.9 Å². The van der Waals surface area contributed by atoms with Crippen molar-refractivity contribution in [3.63, 3.8) is 0 Å². The van der Waals surface area contributed by atoms with Crippen LogP contribution in [0.5, 0.6) is 5.75 Å². The number of aryl methyl sites for hydroxylation is 1. The Bertz CT molecular complexity index is 705. The fourth-order valence-electron chi connectivity index (χ4n) is 2.83. The summed E-state index contributed by atoms with van der Waals surface area (Å²) in [5.74, 6) is 0.447. The molecule has 2 aromatic carbocycles. The number of carbonyl (C=O) groups is 1. The van der Waals surface area contributed by atoms with Gasteiger partial charge in [-0.25, -0.2) is 4.79 Å². The standard InChI is InChI=1S/C20H22O4/c1-4-13-23-19(21)20(16-9-5-14(2)6-10-16)18(24-20)15-7-11-17(22-3)12-8-15/h5-12,18H,4,13H2,1-3H3. The molecule has 2 atom stereocenters. The Balaban J connectivity index is 1.92. The number of hydrogen-bond donors (Lipinski definition) is 0. The molecule has 3 rings (SSSR count). The first-order chi connectivity index (χ1) is 11.6. The fraction of sp³-hybridized carbons (Fsp3) is 0.350. The summed E-state index contributed by atoms with van der Waals surface area (Å²) in [6, 6.07) is 15.4. The van der Waals surface area contributed by atoms with Crippen molar-refractivity contribution >= 4 is 5.97 Å². The van der Waals surface area contributed by atoms with Crippen LogP contribution in [0.25, 0.3) is 0 Å². The molecule has 2 unspecified atom stereocenters. The second-order valence-corrected chi connectivity index (χ2v) is 6.01. The molecule has 0 N–H and O–H groups in total. The van der Waals surface area contributed by atoms with Crippen molar-refractivity contribution in [2.75, 3.05) is 13.7 Å². The first-order valence-corrected chi connectivity index (χ1v) is 8.18. The molecule has 1 aliphatic heterocycles. The summed E-state index contributed by atoms with van der Waals surface area (Å²) in [6.45, 7) is 4.38. The van der Waals surface area contributed by atoms with Gasteiger partial charge in [0.2, 0.25) is 5.60 Å². The molecule has 1 aliphatic rings. The van der Waals surface area contributed by atoms with Gasteiger partial charge in [0.25, 0.3) is 0 Å². The fourth-order valence-corrected chi connectivity index (χ4v) is 2.83. The summed E-state index contributed by atoms with van der Waals surface area (Å²) in [6.07, 6.45) is 0.443. The Morgan fingerprint density at radius 2 is 1.79 bits per heavy atom. The molecule has 4 nitrogen and oxygen atoms in total. The van der Waals surface area contributed by atoms with Crippen LogP contribution in [0, 0.1) is 6.92 Å². The minimum absolute atomic E-state index is 0.325. The van der Waals surface area contributed by atoms with E-state index in [0.29, 0.717) is 6.61 Å². The van der Waals surface area contributed by atoms with Crippen LogP contribution < -0.4 is 4.74 Å². The van der Waals surface area contributed by atoms with E-state index in [2.05, 4.69) is 0 Å². The van der Waals surface area contributed by atoms with Crippen LogP contribution in [0.15, 0.2) is 48.5 Å². The smallest absolute Gasteiger partial charge is 0.346 e. The number of esters is 1. The van der Waals surface area contributed by atoms with Gasteiger partial charge < -0.3 is 14.2 Å². The van der Waals surface area contributed by atoms with E-state index in [1.807, 2.05) is 62.4 Å². The predicted octanol–water partition coefficient (Wildman–Crippen LogP) is 3.92. The third kappa shape index (κ3) is 2.89. The zero-order chi connectivity index (χ0) is 17.2. The van der Waals surface area contributed by atoms with E-state index in [9.17, 15) is 4.79 Å². The molecule has 2 aromatic rings. The molecule has 0 bridgehead atoms. The van der Waals surface area contributed by atoms with Gasteiger partial charge in [0.15, 0.2) is 0 Å². The van der Waals surface area contributed by atoms with Crippen molar-refractivity contribution in [1.29, 1.82) is 0 Å². The Morgan fingerprint density at radius 3 is 2.38 bits per heavy atom. The summed E-state index contributed by atoms with van der Waals surface area (Å²) in [4.78, 5) is 12.7. The van der Waals surface area contributed by atoms with Crippen LogP contribution in [0.4, 0.5) is 0 Å². The lowest BCUT2D eigenvalue weighted by Crippen LogP contribution is -2.26. The predicted molar refractivity (Wildman–Crippen MR) is 90.9 cm³/mol. The first kappa shape index (κ1) is 16.5. The van der Waals surface area contributed by atoms with Gasteiger partial charge in [-0.05, 0) is 36.6 Å². The molecule has 1 fully saturated rings. The van der Waals surface area contributed by atoms with E-state index < -0.39 is 5.60 Å². The Labute approximate surface area is 142 Å². The van der Waals surface area contributed by atoms with Crippen molar-refractivity contribution in [1.82, 2.24) is 0 Å². The molecule has 1 heterocycles. The van der Waals surface area contributed by atoms with Gasteiger partial charge in [0.05, 0.1) is 13.7 Å². The molecule has 0 amide bonds.